The van der Waals surface area contributed by atoms with Crippen LogP contribution in [0.4, 0.5) is 0 Å². The van der Waals surface area contributed by atoms with E-state index in [1.807, 2.05) is 0 Å². The number of hydrogen-bond donors (Lipinski definition) is 0. The second-order valence-electron chi connectivity index (χ2n) is 2.70. The van der Waals surface area contributed by atoms with Crippen molar-refractivity contribution in [1.29, 1.82) is 0 Å². The Morgan fingerprint density at radius 2 is 1.86 bits per heavy atom. The van der Waals surface area contributed by atoms with Crippen LogP contribution in [0.5, 0.6) is 0 Å². The molecule has 0 heterocycles. The highest BCUT2D eigenvalue weighted by Gasteiger charge is 2.27. The Morgan fingerprint density at radius 1 is 1.29 bits per heavy atom. The lowest BCUT2D eigenvalue weighted by molar-refractivity contribution is -0.156. The molecule has 0 aliphatic rings. The van der Waals surface area contributed by atoms with E-state index in [4.69, 9.17) is 0 Å². The van der Waals surface area contributed by atoms with Crippen molar-refractivity contribution in [3.63, 3.8) is 0 Å². The lowest BCUT2D eigenvalue weighted by Gasteiger charge is -2.10. The minimum absolute atomic E-state index is 0.184. The van der Waals surface area contributed by atoms with Crippen LogP contribution in [0.15, 0.2) is 0 Å². The summed E-state index contributed by atoms with van der Waals surface area (Å²) in [5.74, 6) is -2.71. The number of esters is 2. The summed E-state index contributed by atoms with van der Waals surface area (Å²) in [7, 11) is 1.20. The second kappa shape index (κ2) is 6.12. The maximum Gasteiger partial charge on any atom is 0.317 e. The summed E-state index contributed by atoms with van der Waals surface area (Å²) >= 11 is 0. The van der Waals surface area contributed by atoms with Gasteiger partial charge in [0.1, 0.15) is 11.7 Å². The van der Waals surface area contributed by atoms with Crippen LogP contribution < -0.4 is 0 Å². The highest BCUT2D eigenvalue weighted by molar-refractivity contribution is 6.00. The Morgan fingerprint density at radius 3 is 2.21 bits per heavy atom. The first-order chi connectivity index (χ1) is 6.52. The van der Waals surface area contributed by atoms with Crippen molar-refractivity contribution in [2.24, 2.45) is 5.92 Å². The zero-order chi connectivity index (χ0) is 11.1. The fourth-order valence-corrected chi connectivity index (χ4v) is 0.886. The van der Waals surface area contributed by atoms with Crippen LogP contribution >= 0.6 is 0 Å². The smallest absolute Gasteiger partial charge is 0.317 e. The largest absolute Gasteiger partial charge is 0.469 e. The first kappa shape index (κ1) is 12.6. The normalized spacial score (nSPS) is 11.6. The van der Waals surface area contributed by atoms with E-state index in [2.05, 4.69) is 9.47 Å². The minimum Gasteiger partial charge on any atom is -0.469 e. The van der Waals surface area contributed by atoms with Gasteiger partial charge in [-0.15, -0.1) is 0 Å². The summed E-state index contributed by atoms with van der Waals surface area (Å²) in [5, 5.41) is 0. The van der Waals surface area contributed by atoms with E-state index in [0.717, 1.165) is 0 Å². The average molecular weight is 202 g/mol. The molecule has 0 aliphatic carbocycles. The highest BCUT2D eigenvalue weighted by Crippen LogP contribution is 2.08. The maximum absolute atomic E-state index is 11.2. The van der Waals surface area contributed by atoms with Crippen molar-refractivity contribution in [3.8, 4) is 0 Å². The number of hydrogen-bond acceptors (Lipinski definition) is 5. The van der Waals surface area contributed by atoms with Gasteiger partial charge < -0.3 is 9.47 Å². The predicted molar refractivity (Wildman–Crippen MR) is 47.4 cm³/mol. The van der Waals surface area contributed by atoms with E-state index in [0.29, 0.717) is 0 Å². The summed E-state index contributed by atoms with van der Waals surface area (Å²) in [6.45, 7) is 3.06. The Bertz CT molecular complexity index is 233. The van der Waals surface area contributed by atoms with Gasteiger partial charge in [-0.2, -0.15) is 0 Å². The third-order valence-electron chi connectivity index (χ3n) is 1.66. The van der Waals surface area contributed by atoms with Gasteiger partial charge in [-0.05, 0) is 13.8 Å². The Hall–Kier alpha value is -1.39. The molecule has 0 N–H and O–H groups in total. The Kier molecular flexibility index (Phi) is 5.52. The highest BCUT2D eigenvalue weighted by atomic mass is 16.5. The third-order valence-corrected chi connectivity index (χ3v) is 1.66. The van der Waals surface area contributed by atoms with E-state index >= 15 is 0 Å². The van der Waals surface area contributed by atoms with Crippen molar-refractivity contribution in [3.05, 3.63) is 0 Å². The number of ketones is 1. The molecular formula is C9H14O5. The van der Waals surface area contributed by atoms with E-state index in [1.54, 1.807) is 6.92 Å². The summed E-state index contributed by atoms with van der Waals surface area (Å²) in [4.78, 5) is 33.0. The number of carbonyl (C=O) groups excluding carboxylic acids is 3. The van der Waals surface area contributed by atoms with Crippen LogP contribution in [0.1, 0.15) is 20.3 Å². The predicted octanol–water partition coefficient (Wildman–Crippen LogP) is 0.318. The van der Waals surface area contributed by atoms with Crippen LogP contribution in [0, 0.1) is 5.92 Å². The lowest BCUT2D eigenvalue weighted by atomic mass is 10.0. The summed E-state index contributed by atoms with van der Waals surface area (Å²) in [5.41, 5.74) is 0. The minimum atomic E-state index is -1.04. The zero-order valence-electron chi connectivity index (χ0n) is 8.53. The van der Waals surface area contributed by atoms with Crippen LogP contribution in [0.2, 0.25) is 0 Å². The molecule has 0 aromatic rings. The molecule has 0 aromatic carbocycles. The van der Waals surface area contributed by atoms with Gasteiger partial charge >= 0.3 is 11.9 Å². The molecule has 0 saturated heterocycles. The van der Waals surface area contributed by atoms with Gasteiger partial charge in [0.25, 0.3) is 0 Å². The molecule has 0 aliphatic heterocycles. The molecule has 0 rings (SSSR count). The van der Waals surface area contributed by atoms with Gasteiger partial charge in [-0.25, -0.2) is 0 Å². The van der Waals surface area contributed by atoms with Gasteiger partial charge in [0.2, 0.25) is 0 Å². The van der Waals surface area contributed by atoms with Gasteiger partial charge in [0.05, 0.1) is 20.1 Å². The molecule has 0 radical (unpaired) electrons. The van der Waals surface area contributed by atoms with Gasteiger partial charge in [0.15, 0.2) is 0 Å². The van der Waals surface area contributed by atoms with Gasteiger partial charge in [-0.1, -0.05) is 0 Å². The SMILES string of the molecule is CCOC(=O)[C@H](CC(=O)OC)C(C)=O. The topological polar surface area (TPSA) is 69.7 Å². The molecule has 0 saturated carbocycles. The molecule has 5 heteroatoms. The number of methoxy groups -OCH3 is 1. The standard InChI is InChI=1S/C9H14O5/c1-4-14-9(12)7(6(2)10)5-8(11)13-3/h7H,4-5H2,1-3H3/t7-/m1/s1. The summed E-state index contributed by atoms with van der Waals surface area (Å²) in [6, 6.07) is 0. The molecule has 0 fully saturated rings. The molecule has 0 amide bonds. The summed E-state index contributed by atoms with van der Waals surface area (Å²) in [6.07, 6.45) is -0.259. The first-order valence-corrected chi connectivity index (χ1v) is 4.26. The van der Waals surface area contributed by atoms with Crippen LogP contribution in [-0.2, 0) is 23.9 Å². The number of carbonyl (C=O) groups is 3. The Labute approximate surface area is 82.4 Å². The van der Waals surface area contributed by atoms with E-state index < -0.39 is 23.6 Å². The van der Waals surface area contributed by atoms with Crippen molar-refractivity contribution in [2.75, 3.05) is 13.7 Å². The fourth-order valence-electron chi connectivity index (χ4n) is 0.886. The third kappa shape index (κ3) is 4.02. The molecule has 0 spiro atoms. The van der Waals surface area contributed by atoms with Crippen molar-refractivity contribution >= 4 is 17.7 Å². The van der Waals surface area contributed by atoms with Gasteiger partial charge in [-0.3, -0.25) is 14.4 Å². The molecule has 1 atom stereocenters. The van der Waals surface area contributed by atoms with Gasteiger partial charge in [0, 0.05) is 0 Å². The van der Waals surface area contributed by atoms with E-state index in [9.17, 15) is 14.4 Å². The number of ether oxygens (including phenoxy) is 2. The molecule has 80 valence electrons. The second-order valence-corrected chi connectivity index (χ2v) is 2.70. The molecule has 0 unspecified atom stereocenters. The average Bonchev–Trinajstić information content (AvgIpc) is 2.13. The number of Topliss-reactive ketones (excluding diaryl/α,β-unsaturated/α-hetero) is 1. The van der Waals surface area contributed by atoms with E-state index in [-0.39, 0.29) is 13.0 Å². The molecular weight excluding hydrogens is 188 g/mol. The molecule has 5 nitrogen and oxygen atoms in total. The number of rotatable bonds is 5. The zero-order valence-corrected chi connectivity index (χ0v) is 8.53. The quantitative estimate of drug-likeness (QED) is 0.474. The lowest BCUT2D eigenvalue weighted by Crippen LogP contribution is -2.27. The Balaban J connectivity index is 4.36. The first-order valence-electron chi connectivity index (χ1n) is 4.26. The molecule has 14 heavy (non-hydrogen) atoms. The maximum atomic E-state index is 11.2. The van der Waals surface area contributed by atoms with Crippen molar-refractivity contribution < 1.29 is 23.9 Å². The van der Waals surface area contributed by atoms with Crippen LogP contribution in [0.3, 0.4) is 0 Å². The van der Waals surface area contributed by atoms with Crippen LogP contribution in [-0.4, -0.2) is 31.4 Å². The van der Waals surface area contributed by atoms with Crippen LogP contribution in [0.25, 0.3) is 0 Å². The van der Waals surface area contributed by atoms with E-state index in [1.165, 1.54) is 14.0 Å². The monoisotopic (exact) mass is 202 g/mol. The fraction of sp³-hybridized carbons (Fsp3) is 0.667. The van der Waals surface area contributed by atoms with Crippen molar-refractivity contribution in [1.82, 2.24) is 0 Å². The molecule has 0 bridgehead atoms. The molecule has 0 aromatic heterocycles. The van der Waals surface area contributed by atoms with Crippen molar-refractivity contribution in [2.45, 2.75) is 20.3 Å². The summed E-state index contributed by atoms with van der Waals surface area (Å²) < 4.78 is 9.00.